The largest absolute Gasteiger partial charge is 0.497 e. The van der Waals surface area contributed by atoms with Gasteiger partial charge >= 0.3 is 0 Å². The van der Waals surface area contributed by atoms with Gasteiger partial charge in [0, 0.05) is 29.3 Å². The van der Waals surface area contributed by atoms with Crippen molar-refractivity contribution in [3.05, 3.63) is 65.1 Å². The first-order chi connectivity index (χ1) is 16.6. The molecular formula is C25H26N4O5. The van der Waals surface area contributed by atoms with Gasteiger partial charge in [0.1, 0.15) is 23.9 Å². The second-order valence-corrected chi connectivity index (χ2v) is 8.20. The molecule has 176 valence electrons. The molecule has 0 spiro atoms. The summed E-state index contributed by atoms with van der Waals surface area (Å²) >= 11 is 0. The van der Waals surface area contributed by atoms with E-state index in [0.717, 1.165) is 16.8 Å². The molecule has 9 nitrogen and oxygen atoms in total. The molecule has 0 radical (unpaired) electrons. The fourth-order valence-corrected chi connectivity index (χ4v) is 4.83. The number of carbonyl (C=O) groups excluding carboxylic acids is 1. The minimum atomic E-state index is -0.451. The van der Waals surface area contributed by atoms with Crippen LogP contribution < -0.4 is 24.3 Å². The van der Waals surface area contributed by atoms with Gasteiger partial charge in [-0.25, -0.2) is 4.68 Å². The Hall–Kier alpha value is -4.01. The van der Waals surface area contributed by atoms with E-state index in [0.29, 0.717) is 47.4 Å². The molecule has 2 atom stereocenters. The van der Waals surface area contributed by atoms with Gasteiger partial charge in [-0.1, -0.05) is 6.07 Å². The summed E-state index contributed by atoms with van der Waals surface area (Å²) in [5, 5.41) is 7.76. The van der Waals surface area contributed by atoms with Gasteiger partial charge in [-0.15, -0.1) is 0 Å². The zero-order chi connectivity index (χ0) is 23.8. The summed E-state index contributed by atoms with van der Waals surface area (Å²) in [7, 11) is 6.42. The number of Topliss-reactive ketones (excluding diaryl/α,β-unsaturated/α-hetero) is 1. The third-order valence-electron chi connectivity index (χ3n) is 6.48. The average molecular weight is 463 g/mol. The fourth-order valence-electron chi connectivity index (χ4n) is 4.83. The molecule has 1 aromatic heterocycles. The summed E-state index contributed by atoms with van der Waals surface area (Å²) in [6.07, 6.45) is 2.51. The molecule has 1 aliphatic carbocycles. The van der Waals surface area contributed by atoms with Crippen molar-refractivity contribution in [1.29, 1.82) is 0 Å². The van der Waals surface area contributed by atoms with Crippen molar-refractivity contribution in [3.8, 4) is 23.0 Å². The molecule has 34 heavy (non-hydrogen) atoms. The third kappa shape index (κ3) is 3.53. The maximum Gasteiger partial charge on any atom is 0.226 e. The van der Waals surface area contributed by atoms with Crippen LogP contribution in [0.25, 0.3) is 0 Å². The molecule has 0 saturated carbocycles. The molecule has 0 amide bonds. The number of ketones is 1. The van der Waals surface area contributed by atoms with Gasteiger partial charge in [-0.3, -0.25) is 4.79 Å². The molecule has 5 rings (SSSR count). The molecule has 9 heteroatoms. The number of rotatable bonds is 6. The Morgan fingerprint density at radius 3 is 2.44 bits per heavy atom. The number of fused-ring (bicyclic) bond motifs is 1. The SMILES string of the molecule is COc1ccc([C@@H]2C3=C(C[C@H](c4ccc(OC)c(OC)c4)CC3=O)Nc3ncnn32)c(OC)c1. The molecule has 0 fully saturated rings. The number of anilines is 1. The van der Waals surface area contributed by atoms with E-state index in [2.05, 4.69) is 15.4 Å². The summed E-state index contributed by atoms with van der Waals surface area (Å²) in [6, 6.07) is 10.9. The average Bonchev–Trinajstić information content (AvgIpc) is 3.34. The van der Waals surface area contributed by atoms with E-state index in [1.165, 1.54) is 6.33 Å². The fraction of sp³-hybridized carbons (Fsp3) is 0.320. The zero-order valence-electron chi connectivity index (χ0n) is 19.5. The van der Waals surface area contributed by atoms with Crippen molar-refractivity contribution in [2.75, 3.05) is 33.8 Å². The van der Waals surface area contributed by atoms with Crippen molar-refractivity contribution in [1.82, 2.24) is 14.8 Å². The number of ether oxygens (including phenoxy) is 4. The van der Waals surface area contributed by atoms with Gasteiger partial charge in [0.25, 0.3) is 0 Å². The van der Waals surface area contributed by atoms with Crippen molar-refractivity contribution >= 4 is 11.7 Å². The lowest BCUT2D eigenvalue weighted by atomic mass is 9.77. The first-order valence-corrected chi connectivity index (χ1v) is 10.9. The van der Waals surface area contributed by atoms with Crippen LogP contribution >= 0.6 is 0 Å². The van der Waals surface area contributed by atoms with Gasteiger partial charge in [0.15, 0.2) is 17.3 Å². The quantitative estimate of drug-likeness (QED) is 0.592. The third-order valence-corrected chi connectivity index (χ3v) is 6.48. The van der Waals surface area contributed by atoms with E-state index in [9.17, 15) is 4.79 Å². The maximum atomic E-state index is 13.6. The molecule has 2 aromatic carbocycles. The summed E-state index contributed by atoms with van der Waals surface area (Å²) in [6.45, 7) is 0. The van der Waals surface area contributed by atoms with Gasteiger partial charge < -0.3 is 24.3 Å². The highest BCUT2D eigenvalue weighted by atomic mass is 16.5. The Labute approximate surface area is 197 Å². The second kappa shape index (κ2) is 8.74. The summed E-state index contributed by atoms with van der Waals surface area (Å²) < 4.78 is 23.6. The normalized spacial score (nSPS) is 19.1. The smallest absolute Gasteiger partial charge is 0.226 e. The number of hydrogen-bond donors (Lipinski definition) is 1. The lowest BCUT2D eigenvalue weighted by Gasteiger charge is -2.35. The number of benzene rings is 2. The lowest BCUT2D eigenvalue weighted by molar-refractivity contribution is -0.116. The molecule has 2 heterocycles. The first kappa shape index (κ1) is 21.8. The van der Waals surface area contributed by atoms with Crippen molar-refractivity contribution in [2.45, 2.75) is 24.8 Å². The van der Waals surface area contributed by atoms with Crippen LogP contribution in [0.2, 0.25) is 0 Å². The summed E-state index contributed by atoms with van der Waals surface area (Å²) in [4.78, 5) is 18.0. The number of nitrogens with zero attached hydrogens (tertiary/aromatic N) is 3. The van der Waals surface area contributed by atoms with Crippen LogP contribution in [0.15, 0.2) is 54.0 Å². The number of methoxy groups -OCH3 is 4. The first-order valence-electron chi connectivity index (χ1n) is 10.9. The second-order valence-electron chi connectivity index (χ2n) is 8.20. The molecule has 1 aliphatic heterocycles. The molecule has 0 bridgehead atoms. The van der Waals surface area contributed by atoms with Crippen molar-refractivity contribution in [3.63, 3.8) is 0 Å². The standard InChI is InChI=1S/C25H26N4O5/c1-31-16-6-7-17(21(12-16)33-3)24-23-18(28-25-26-13-27-29(24)25)9-15(10-19(23)30)14-5-8-20(32-2)22(11-14)34-4/h5-8,11-13,15,24H,9-10H2,1-4H3,(H,26,27,28)/t15-,24+/m0/s1. The summed E-state index contributed by atoms with van der Waals surface area (Å²) in [5.41, 5.74) is 3.37. The highest BCUT2D eigenvalue weighted by Crippen LogP contribution is 2.46. The number of carbonyl (C=O) groups is 1. The number of nitrogens with one attached hydrogen (secondary N) is 1. The van der Waals surface area contributed by atoms with Gasteiger partial charge in [-0.05, 0) is 42.2 Å². The van der Waals surface area contributed by atoms with Gasteiger partial charge in [0.2, 0.25) is 5.95 Å². The minimum absolute atomic E-state index is 0.00793. The van der Waals surface area contributed by atoms with E-state index < -0.39 is 6.04 Å². The highest BCUT2D eigenvalue weighted by Gasteiger charge is 2.40. The molecule has 1 N–H and O–H groups in total. The van der Waals surface area contributed by atoms with Crippen molar-refractivity contribution < 1.29 is 23.7 Å². The molecule has 2 aliphatic rings. The predicted octanol–water partition coefficient (Wildman–Crippen LogP) is 3.73. The van der Waals surface area contributed by atoms with Gasteiger partial charge in [0.05, 0.1) is 28.4 Å². The van der Waals surface area contributed by atoms with Crippen LogP contribution in [0.5, 0.6) is 23.0 Å². The van der Waals surface area contributed by atoms with Crippen LogP contribution in [0.3, 0.4) is 0 Å². The Bertz CT molecular complexity index is 1280. The maximum absolute atomic E-state index is 13.6. The number of aromatic nitrogens is 3. The summed E-state index contributed by atoms with van der Waals surface area (Å²) in [5.74, 6) is 3.22. The van der Waals surface area contributed by atoms with E-state index in [1.54, 1.807) is 33.1 Å². The molecular weight excluding hydrogens is 436 g/mol. The Morgan fingerprint density at radius 2 is 1.71 bits per heavy atom. The topological polar surface area (TPSA) is 96.7 Å². The minimum Gasteiger partial charge on any atom is -0.497 e. The zero-order valence-corrected chi connectivity index (χ0v) is 19.5. The van der Waals surface area contributed by atoms with Crippen LogP contribution in [-0.2, 0) is 4.79 Å². The monoisotopic (exact) mass is 462 g/mol. The number of allylic oxidation sites excluding steroid dienone is 2. The van der Waals surface area contributed by atoms with Crippen LogP contribution in [-0.4, -0.2) is 49.0 Å². The molecule has 0 unspecified atom stereocenters. The lowest BCUT2D eigenvalue weighted by Crippen LogP contribution is -2.33. The predicted molar refractivity (Wildman–Crippen MR) is 125 cm³/mol. The molecule has 3 aromatic rings. The van der Waals surface area contributed by atoms with Crippen LogP contribution in [0.4, 0.5) is 5.95 Å². The molecule has 0 saturated heterocycles. The Kier molecular flexibility index (Phi) is 5.61. The Morgan fingerprint density at radius 1 is 0.912 bits per heavy atom. The van der Waals surface area contributed by atoms with E-state index in [4.69, 9.17) is 18.9 Å². The Balaban J connectivity index is 1.58. The van der Waals surface area contributed by atoms with E-state index in [-0.39, 0.29) is 11.7 Å². The highest BCUT2D eigenvalue weighted by molar-refractivity contribution is 6.00. The van der Waals surface area contributed by atoms with E-state index >= 15 is 0 Å². The van der Waals surface area contributed by atoms with Crippen molar-refractivity contribution in [2.24, 2.45) is 0 Å². The van der Waals surface area contributed by atoms with E-state index in [1.807, 2.05) is 36.4 Å². The van der Waals surface area contributed by atoms with Crippen LogP contribution in [0, 0.1) is 0 Å². The number of hydrogen-bond acceptors (Lipinski definition) is 8. The van der Waals surface area contributed by atoms with Crippen LogP contribution in [0.1, 0.15) is 35.9 Å². The van der Waals surface area contributed by atoms with Gasteiger partial charge in [-0.2, -0.15) is 10.1 Å².